The molecular weight excluding hydrogens is 377 g/mol. The molecule has 1 heterocycles. The van der Waals surface area contributed by atoms with Gasteiger partial charge in [0.05, 0.1) is 11.6 Å². The summed E-state index contributed by atoms with van der Waals surface area (Å²) in [6.45, 7) is 0. The van der Waals surface area contributed by atoms with E-state index in [2.05, 4.69) is 9.72 Å². The number of pyridine rings is 1. The Morgan fingerprint density at radius 3 is 2.59 bits per heavy atom. The highest BCUT2D eigenvalue weighted by Gasteiger charge is 2.34. The van der Waals surface area contributed by atoms with Crippen molar-refractivity contribution in [2.45, 2.75) is 12.2 Å². The molecule has 17 heavy (non-hydrogen) atoms. The quantitative estimate of drug-likeness (QED) is 0.646. The van der Waals surface area contributed by atoms with Crippen molar-refractivity contribution in [1.82, 2.24) is 4.98 Å². The molecule has 0 saturated carbocycles. The third kappa shape index (κ3) is 3.87. The minimum Gasteiger partial charge on any atom is -0.477 e. The van der Waals surface area contributed by atoms with Gasteiger partial charge in [0.1, 0.15) is 5.56 Å². The van der Waals surface area contributed by atoms with Crippen molar-refractivity contribution < 1.29 is 27.8 Å². The molecule has 0 aliphatic heterocycles. The fraction of sp³-hybridized carbons (Fsp3) is 0.250. The van der Waals surface area contributed by atoms with E-state index in [1.165, 1.54) is 0 Å². The van der Waals surface area contributed by atoms with Crippen molar-refractivity contribution in [2.24, 2.45) is 0 Å². The van der Waals surface area contributed by atoms with Gasteiger partial charge in [-0.3, -0.25) is 0 Å². The Hall–Kier alpha value is -0.770. The van der Waals surface area contributed by atoms with E-state index in [9.17, 15) is 18.0 Å². The van der Waals surface area contributed by atoms with E-state index in [1.54, 1.807) is 22.6 Å². The van der Waals surface area contributed by atoms with Crippen molar-refractivity contribution in [3.8, 4) is 5.88 Å². The van der Waals surface area contributed by atoms with E-state index in [0.29, 0.717) is 3.57 Å². The molecule has 0 amide bonds. The van der Waals surface area contributed by atoms with Gasteiger partial charge >= 0.3 is 12.3 Å². The van der Waals surface area contributed by atoms with Crippen LogP contribution in [0.5, 0.6) is 5.88 Å². The summed E-state index contributed by atoms with van der Waals surface area (Å²) in [5.74, 6) is -2.72. The number of nitrogens with zero attached hydrogens (tertiary/aromatic N) is 1. The van der Waals surface area contributed by atoms with Crippen LogP contribution >= 0.6 is 34.2 Å². The average molecular weight is 381 g/mol. The Morgan fingerprint density at radius 1 is 1.59 bits per heavy atom. The number of carbonyl (C=O) groups is 1. The minimum atomic E-state index is -5.01. The third-order valence-corrected chi connectivity index (χ3v) is 2.77. The van der Waals surface area contributed by atoms with Crippen LogP contribution in [0.25, 0.3) is 0 Å². The second kappa shape index (κ2) is 5.25. The first-order chi connectivity index (χ1) is 7.74. The fourth-order valence-electron chi connectivity index (χ4n) is 0.942. The Balaban J connectivity index is 3.29. The topological polar surface area (TPSA) is 59.4 Å². The van der Waals surface area contributed by atoms with E-state index >= 15 is 0 Å². The van der Waals surface area contributed by atoms with Crippen molar-refractivity contribution in [3.05, 3.63) is 20.9 Å². The summed E-state index contributed by atoms with van der Waals surface area (Å²) in [5, 5.41) is 8.73. The van der Waals surface area contributed by atoms with Gasteiger partial charge in [0.25, 0.3) is 0 Å². The highest BCUT2D eigenvalue weighted by atomic mass is 127. The van der Waals surface area contributed by atoms with Gasteiger partial charge in [-0.15, -0.1) is 24.8 Å². The van der Waals surface area contributed by atoms with Crippen LogP contribution in [0.1, 0.15) is 16.1 Å². The highest BCUT2D eigenvalue weighted by Crippen LogP contribution is 2.27. The maximum Gasteiger partial charge on any atom is 0.574 e. The largest absolute Gasteiger partial charge is 0.574 e. The molecule has 1 aromatic heterocycles. The molecule has 0 saturated heterocycles. The van der Waals surface area contributed by atoms with Crippen molar-refractivity contribution in [2.75, 3.05) is 0 Å². The summed E-state index contributed by atoms with van der Waals surface area (Å²) in [6, 6.07) is 1.02. The summed E-state index contributed by atoms with van der Waals surface area (Å²) in [6.07, 6.45) is -5.01. The number of hydrogen-bond acceptors (Lipinski definition) is 3. The van der Waals surface area contributed by atoms with Gasteiger partial charge in [0.2, 0.25) is 5.88 Å². The molecule has 9 heteroatoms. The molecule has 0 aromatic carbocycles. The zero-order valence-electron chi connectivity index (χ0n) is 7.89. The van der Waals surface area contributed by atoms with Crippen molar-refractivity contribution >= 4 is 40.2 Å². The van der Waals surface area contributed by atoms with E-state index in [1.807, 2.05) is 0 Å². The number of aromatic nitrogens is 1. The first-order valence-corrected chi connectivity index (χ1v) is 5.60. The van der Waals surface area contributed by atoms with E-state index in [4.69, 9.17) is 16.7 Å². The first-order valence-electron chi connectivity index (χ1n) is 3.99. The Morgan fingerprint density at radius 2 is 2.18 bits per heavy atom. The number of ether oxygens (including phenoxy) is 1. The van der Waals surface area contributed by atoms with Gasteiger partial charge in [0, 0.05) is 3.57 Å². The van der Waals surface area contributed by atoms with Crippen LogP contribution in [-0.4, -0.2) is 22.4 Å². The Kier molecular flexibility index (Phi) is 4.42. The van der Waals surface area contributed by atoms with Crippen LogP contribution < -0.4 is 4.74 Å². The number of aromatic carboxylic acids is 1. The SMILES string of the molecule is O=C(O)c1cc(I)c(CCl)nc1OC(F)(F)F. The van der Waals surface area contributed by atoms with Crippen LogP contribution in [0, 0.1) is 3.57 Å². The molecule has 94 valence electrons. The van der Waals surface area contributed by atoms with Crippen LogP contribution in [0.2, 0.25) is 0 Å². The lowest BCUT2D eigenvalue weighted by atomic mass is 10.2. The molecule has 0 radical (unpaired) electrons. The van der Waals surface area contributed by atoms with Gasteiger partial charge in [-0.05, 0) is 28.7 Å². The summed E-state index contributed by atoms with van der Waals surface area (Å²) < 4.78 is 40.0. The van der Waals surface area contributed by atoms with Crippen LogP contribution in [0.3, 0.4) is 0 Å². The molecule has 0 atom stereocenters. The smallest absolute Gasteiger partial charge is 0.477 e. The molecule has 0 aliphatic rings. The lowest BCUT2D eigenvalue weighted by molar-refractivity contribution is -0.276. The molecule has 0 aliphatic carbocycles. The van der Waals surface area contributed by atoms with Crippen LogP contribution in [-0.2, 0) is 5.88 Å². The number of halogens is 5. The second-order valence-electron chi connectivity index (χ2n) is 2.76. The second-order valence-corrected chi connectivity index (χ2v) is 4.19. The number of carboxylic acid groups (broad SMARTS) is 1. The molecule has 1 aromatic rings. The monoisotopic (exact) mass is 381 g/mol. The van der Waals surface area contributed by atoms with Gasteiger partial charge in [-0.1, -0.05) is 0 Å². The van der Waals surface area contributed by atoms with Gasteiger partial charge in [-0.2, -0.15) is 0 Å². The average Bonchev–Trinajstić information content (AvgIpc) is 2.17. The molecule has 0 bridgehead atoms. The van der Waals surface area contributed by atoms with Crippen LogP contribution in [0.4, 0.5) is 13.2 Å². The van der Waals surface area contributed by atoms with Gasteiger partial charge in [-0.25, -0.2) is 9.78 Å². The number of rotatable bonds is 3. The Bertz CT molecular complexity index is 452. The molecule has 0 spiro atoms. The Labute approximate surface area is 112 Å². The fourth-order valence-corrected chi connectivity index (χ4v) is 1.99. The summed E-state index contributed by atoms with van der Waals surface area (Å²) in [5.41, 5.74) is -0.544. The number of hydrogen-bond donors (Lipinski definition) is 1. The highest BCUT2D eigenvalue weighted by molar-refractivity contribution is 14.1. The molecule has 1 rings (SSSR count). The van der Waals surface area contributed by atoms with Crippen molar-refractivity contribution in [3.63, 3.8) is 0 Å². The first kappa shape index (κ1) is 14.3. The van der Waals surface area contributed by atoms with E-state index in [-0.39, 0.29) is 11.6 Å². The zero-order chi connectivity index (χ0) is 13.2. The van der Waals surface area contributed by atoms with E-state index < -0.39 is 23.8 Å². The van der Waals surface area contributed by atoms with Crippen LogP contribution in [0.15, 0.2) is 6.07 Å². The standard InChI is InChI=1S/C8H4ClF3INO3/c9-2-5-4(13)1-3(7(15)16)6(14-5)17-8(10,11)12/h1H,2H2,(H,15,16). The molecule has 0 fully saturated rings. The molecular formula is C8H4ClF3INO3. The summed E-state index contributed by atoms with van der Waals surface area (Å²) in [7, 11) is 0. The molecule has 4 nitrogen and oxygen atoms in total. The number of carboxylic acids is 1. The van der Waals surface area contributed by atoms with Crippen molar-refractivity contribution in [1.29, 1.82) is 0 Å². The minimum absolute atomic E-state index is 0.122. The lowest BCUT2D eigenvalue weighted by Gasteiger charge is -2.12. The zero-order valence-corrected chi connectivity index (χ0v) is 10.8. The number of alkyl halides is 4. The normalized spacial score (nSPS) is 11.4. The summed E-state index contributed by atoms with van der Waals surface area (Å²) >= 11 is 7.18. The van der Waals surface area contributed by atoms with E-state index in [0.717, 1.165) is 6.07 Å². The predicted molar refractivity (Wildman–Crippen MR) is 60.2 cm³/mol. The summed E-state index contributed by atoms with van der Waals surface area (Å²) in [4.78, 5) is 14.2. The third-order valence-electron chi connectivity index (χ3n) is 1.58. The van der Waals surface area contributed by atoms with Gasteiger partial charge in [0.15, 0.2) is 0 Å². The molecule has 0 unspecified atom stereocenters. The lowest BCUT2D eigenvalue weighted by Crippen LogP contribution is -2.20. The maximum atomic E-state index is 12.0. The van der Waals surface area contributed by atoms with Gasteiger partial charge < -0.3 is 9.84 Å². The maximum absolute atomic E-state index is 12.0. The predicted octanol–water partition coefficient (Wildman–Crippen LogP) is 3.02. The molecule has 1 N–H and O–H groups in total.